The summed E-state index contributed by atoms with van der Waals surface area (Å²) in [6, 6.07) is 5.14. The molecule has 5 nitrogen and oxygen atoms in total. The van der Waals surface area contributed by atoms with Crippen LogP contribution in [0.2, 0.25) is 0 Å². The van der Waals surface area contributed by atoms with Crippen LogP contribution in [0.4, 0.5) is 0 Å². The number of rotatable bonds is 3. The smallest absolute Gasteiger partial charge is 0.283 e. The van der Waals surface area contributed by atoms with Crippen molar-refractivity contribution in [3.05, 3.63) is 40.1 Å². The van der Waals surface area contributed by atoms with Crippen LogP contribution in [0.15, 0.2) is 34.8 Å². The molecule has 0 bridgehead atoms. The number of amides is 1. The number of carbonyl (C=O) groups is 1. The molecule has 0 saturated heterocycles. The van der Waals surface area contributed by atoms with Crippen LogP contribution in [0.3, 0.4) is 0 Å². The minimum Gasteiger partial charge on any atom is -0.493 e. The van der Waals surface area contributed by atoms with Crippen LogP contribution in [0.25, 0.3) is 0 Å². The molecule has 0 aliphatic rings. The molecule has 0 aliphatic heterocycles. The van der Waals surface area contributed by atoms with Gasteiger partial charge in [0.2, 0.25) is 0 Å². The first-order chi connectivity index (χ1) is 9.17. The summed E-state index contributed by atoms with van der Waals surface area (Å²) in [5.41, 5.74) is 0.384. The zero-order chi connectivity index (χ0) is 13.8. The number of ether oxygens (including phenoxy) is 2. The Morgan fingerprint density at radius 1 is 1.32 bits per heavy atom. The maximum atomic E-state index is 12.2. The van der Waals surface area contributed by atoms with Gasteiger partial charge in [0.25, 0.3) is 5.91 Å². The second-order valence-corrected chi connectivity index (χ2v) is 4.63. The van der Waals surface area contributed by atoms with E-state index < -0.39 is 0 Å². The Morgan fingerprint density at radius 2 is 2.11 bits per heavy atom. The Morgan fingerprint density at radius 3 is 2.68 bits per heavy atom. The number of para-hydroxylation sites is 1. The quantitative estimate of drug-likeness (QED) is 0.861. The third kappa shape index (κ3) is 2.68. The van der Waals surface area contributed by atoms with E-state index in [1.165, 1.54) is 25.6 Å². The molecule has 100 valence electrons. The fourth-order valence-electron chi connectivity index (χ4n) is 1.64. The average Bonchev–Trinajstić information content (AvgIpc) is 2.83. The van der Waals surface area contributed by atoms with Gasteiger partial charge < -0.3 is 14.0 Å². The Bertz CT molecular complexity index is 658. The fraction of sp³-hybridized carbons (Fsp3) is 0.231. The normalized spacial score (nSPS) is 11.4. The number of aromatic nitrogens is 1. The highest BCUT2D eigenvalue weighted by Gasteiger charge is 2.15. The number of nitrogens with zero attached hydrogens (tertiary/aromatic N) is 2. The van der Waals surface area contributed by atoms with E-state index in [0.29, 0.717) is 21.9 Å². The molecule has 2 rings (SSSR count). The molecule has 1 heterocycles. The molecule has 1 aromatic heterocycles. The molecule has 0 fully saturated rings. The summed E-state index contributed by atoms with van der Waals surface area (Å²) in [7, 11) is 4.87. The summed E-state index contributed by atoms with van der Waals surface area (Å²) in [5.74, 6) is 0.561. The average molecular weight is 278 g/mol. The molecule has 0 atom stereocenters. The standard InChI is InChI=1S/C13H14N2O3S/c1-15-7-8-19-13(15)14-12(16)9-5-4-6-10(17-2)11(9)18-3/h4-8H,1-3H3. The third-order valence-electron chi connectivity index (χ3n) is 2.59. The molecule has 19 heavy (non-hydrogen) atoms. The van der Waals surface area contributed by atoms with E-state index in [1.54, 1.807) is 22.8 Å². The van der Waals surface area contributed by atoms with Crippen LogP contribution in [0, 0.1) is 0 Å². The maximum absolute atomic E-state index is 12.2. The number of carbonyl (C=O) groups excluding carboxylic acids is 1. The van der Waals surface area contributed by atoms with Gasteiger partial charge in [0.05, 0.1) is 19.8 Å². The van der Waals surface area contributed by atoms with Gasteiger partial charge in [-0.15, -0.1) is 11.3 Å². The second-order valence-electron chi connectivity index (χ2n) is 3.75. The zero-order valence-corrected chi connectivity index (χ0v) is 11.7. The predicted molar refractivity (Wildman–Crippen MR) is 72.7 cm³/mol. The van der Waals surface area contributed by atoms with E-state index in [4.69, 9.17) is 9.47 Å². The van der Waals surface area contributed by atoms with Gasteiger partial charge in [-0.3, -0.25) is 4.79 Å². The summed E-state index contributed by atoms with van der Waals surface area (Å²) in [5, 5.41) is 1.87. The van der Waals surface area contributed by atoms with Crippen LogP contribution in [0.1, 0.15) is 10.4 Å². The van der Waals surface area contributed by atoms with Gasteiger partial charge in [-0.2, -0.15) is 4.99 Å². The van der Waals surface area contributed by atoms with E-state index in [-0.39, 0.29) is 5.91 Å². The molecule has 6 heteroatoms. The number of benzene rings is 1. The summed E-state index contributed by atoms with van der Waals surface area (Å²) >= 11 is 1.40. The SMILES string of the molecule is COc1cccc(C(=O)N=c2sccn2C)c1OC. The highest BCUT2D eigenvalue weighted by atomic mass is 32.1. The van der Waals surface area contributed by atoms with Crippen LogP contribution < -0.4 is 14.3 Å². The van der Waals surface area contributed by atoms with Gasteiger partial charge in [-0.1, -0.05) is 6.07 Å². The van der Waals surface area contributed by atoms with Crippen molar-refractivity contribution < 1.29 is 14.3 Å². The third-order valence-corrected chi connectivity index (χ3v) is 3.44. The van der Waals surface area contributed by atoms with Gasteiger partial charge in [0.1, 0.15) is 0 Å². The van der Waals surface area contributed by atoms with Gasteiger partial charge in [-0.05, 0) is 12.1 Å². The minimum absolute atomic E-state index is 0.353. The first-order valence-corrected chi connectivity index (χ1v) is 6.45. The molecule has 0 N–H and O–H groups in total. The molecular weight excluding hydrogens is 264 g/mol. The van der Waals surface area contributed by atoms with Crippen molar-refractivity contribution in [1.29, 1.82) is 0 Å². The topological polar surface area (TPSA) is 52.8 Å². The number of methoxy groups -OCH3 is 2. The summed E-state index contributed by atoms with van der Waals surface area (Å²) in [6.07, 6.45) is 1.85. The zero-order valence-electron chi connectivity index (χ0n) is 10.9. The molecule has 2 aromatic rings. The van der Waals surface area contributed by atoms with E-state index in [9.17, 15) is 4.79 Å². The monoisotopic (exact) mass is 278 g/mol. The highest BCUT2D eigenvalue weighted by Crippen LogP contribution is 2.30. The fourth-order valence-corrected chi connectivity index (χ4v) is 2.37. The molecule has 0 radical (unpaired) electrons. The molecule has 1 amide bonds. The lowest BCUT2D eigenvalue weighted by Crippen LogP contribution is -2.13. The highest BCUT2D eigenvalue weighted by molar-refractivity contribution is 7.07. The summed E-state index contributed by atoms with van der Waals surface area (Å²) in [4.78, 5) is 16.9. The lowest BCUT2D eigenvalue weighted by atomic mass is 10.2. The Balaban J connectivity index is 2.48. The first-order valence-electron chi connectivity index (χ1n) is 5.57. The molecule has 0 saturated carbocycles. The summed E-state index contributed by atoms with van der Waals surface area (Å²) < 4.78 is 12.2. The molecular formula is C13H14N2O3S. The van der Waals surface area contributed by atoms with Crippen molar-refractivity contribution in [3.63, 3.8) is 0 Å². The van der Waals surface area contributed by atoms with Crippen LogP contribution in [-0.4, -0.2) is 24.7 Å². The van der Waals surface area contributed by atoms with E-state index >= 15 is 0 Å². The molecule has 0 spiro atoms. The largest absolute Gasteiger partial charge is 0.493 e. The second kappa shape index (κ2) is 5.71. The lowest BCUT2D eigenvalue weighted by molar-refractivity contribution is 0.0994. The Labute approximate surface area is 114 Å². The molecule has 0 aliphatic carbocycles. The summed E-state index contributed by atoms with van der Waals surface area (Å²) in [6.45, 7) is 0. The Hall–Kier alpha value is -2.08. The van der Waals surface area contributed by atoms with E-state index in [1.807, 2.05) is 18.6 Å². The first kappa shape index (κ1) is 13.4. The predicted octanol–water partition coefficient (Wildman–Crippen LogP) is 1.84. The number of hydrogen-bond acceptors (Lipinski definition) is 4. The van der Waals surface area contributed by atoms with Crippen LogP contribution in [0.5, 0.6) is 11.5 Å². The molecule has 1 aromatic carbocycles. The minimum atomic E-state index is -0.353. The Kier molecular flexibility index (Phi) is 4.01. The van der Waals surface area contributed by atoms with Gasteiger partial charge in [0, 0.05) is 18.6 Å². The van der Waals surface area contributed by atoms with E-state index in [2.05, 4.69) is 4.99 Å². The van der Waals surface area contributed by atoms with Crippen molar-refractivity contribution in [3.8, 4) is 11.5 Å². The van der Waals surface area contributed by atoms with Gasteiger partial charge in [-0.25, -0.2) is 0 Å². The maximum Gasteiger partial charge on any atom is 0.283 e. The van der Waals surface area contributed by atoms with Crippen molar-refractivity contribution in [2.75, 3.05) is 14.2 Å². The van der Waals surface area contributed by atoms with E-state index in [0.717, 1.165) is 0 Å². The molecule has 0 unspecified atom stereocenters. The van der Waals surface area contributed by atoms with Gasteiger partial charge >= 0.3 is 0 Å². The van der Waals surface area contributed by atoms with Crippen molar-refractivity contribution in [2.24, 2.45) is 12.0 Å². The van der Waals surface area contributed by atoms with Crippen molar-refractivity contribution in [2.45, 2.75) is 0 Å². The number of hydrogen-bond donors (Lipinski definition) is 0. The van der Waals surface area contributed by atoms with Crippen molar-refractivity contribution in [1.82, 2.24) is 4.57 Å². The van der Waals surface area contributed by atoms with Crippen LogP contribution >= 0.6 is 11.3 Å². The van der Waals surface area contributed by atoms with Gasteiger partial charge in [0.15, 0.2) is 16.3 Å². The number of aryl methyl sites for hydroxylation is 1. The number of thiazole rings is 1. The van der Waals surface area contributed by atoms with Crippen LogP contribution in [-0.2, 0) is 7.05 Å². The van der Waals surface area contributed by atoms with Crippen molar-refractivity contribution >= 4 is 17.2 Å². The lowest BCUT2D eigenvalue weighted by Gasteiger charge is -2.09.